The molecule has 91 valence electrons. The third kappa shape index (κ3) is 1.47. The van der Waals surface area contributed by atoms with Gasteiger partial charge in [-0.05, 0) is 61.9 Å². The Bertz CT molecular complexity index is 733. The van der Waals surface area contributed by atoms with Gasteiger partial charge in [-0.2, -0.15) is 0 Å². The van der Waals surface area contributed by atoms with Gasteiger partial charge >= 0.3 is 0 Å². The lowest BCUT2D eigenvalue weighted by atomic mass is 9.82. The van der Waals surface area contributed by atoms with Crippen molar-refractivity contribution in [1.29, 1.82) is 0 Å². The van der Waals surface area contributed by atoms with E-state index in [-0.39, 0.29) is 5.41 Å². The van der Waals surface area contributed by atoms with Gasteiger partial charge in [0.25, 0.3) is 0 Å². The van der Waals surface area contributed by atoms with E-state index in [0.29, 0.717) is 0 Å². The minimum Gasteiger partial charge on any atom is -0.465 e. The van der Waals surface area contributed by atoms with Crippen LogP contribution in [0.2, 0.25) is 0 Å². The van der Waals surface area contributed by atoms with Gasteiger partial charge in [0, 0.05) is 0 Å². The van der Waals surface area contributed by atoms with Crippen LogP contribution in [0.5, 0.6) is 0 Å². The highest BCUT2D eigenvalue weighted by molar-refractivity contribution is 5.73. The molecule has 0 fully saturated rings. The minimum absolute atomic E-state index is 0.232. The van der Waals surface area contributed by atoms with E-state index >= 15 is 0 Å². The van der Waals surface area contributed by atoms with Crippen molar-refractivity contribution in [3.63, 3.8) is 0 Å². The summed E-state index contributed by atoms with van der Waals surface area (Å²) in [6.07, 6.45) is 3.59. The first-order valence-corrected chi connectivity index (χ1v) is 6.31. The van der Waals surface area contributed by atoms with Gasteiger partial charge < -0.3 is 4.42 Å². The summed E-state index contributed by atoms with van der Waals surface area (Å²) in [5, 5.41) is 2.49. The zero-order valence-electron chi connectivity index (χ0n) is 11.3. The Balaban J connectivity index is 2.29. The highest BCUT2D eigenvalue weighted by Gasteiger charge is 2.33. The van der Waals surface area contributed by atoms with Crippen LogP contribution >= 0.6 is 0 Å². The molecular formula is C17H17O. The lowest BCUT2D eigenvalue weighted by molar-refractivity contribution is 0.454. The fourth-order valence-electron chi connectivity index (χ4n) is 2.66. The predicted octanol–water partition coefficient (Wildman–Crippen LogP) is 2.70. The third-order valence-electron chi connectivity index (χ3n) is 3.95. The molecule has 0 amide bonds. The van der Waals surface area contributed by atoms with Crippen molar-refractivity contribution >= 4 is 11.6 Å². The molecule has 0 bridgehead atoms. The van der Waals surface area contributed by atoms with Crippen LogP contribution in [0.3, 0.4) is 0 Å². The second-order valence-electron chi connectivity index (χ2n) is 5.33. The molecule has 1 unspecified atom stereocenters. The van der Waals surface area contributed by atoms with Crippen LogP contribution in [0.15, 0.2) is 34.7 Å². The smallest absolute Gasteiger partial charge is 0.118 e. The van der Waals surface area contributed by atoms with Crippen molar-refractivity contribution in [3.05, 3.63) is 57.9 Å². The highest BCUT2D eigenvalue weighted by atomic mass is 16.3. The van der Waals surface area contributed by atoms with Gasteiger partial charge in [0.15, 0.2) is 0 Å². The van der Waals surface area contributed by atoms with Crippen LogP contribution in [0.4, 0.5) is 0 Å². The summed E-state index contributed by atoms with van der Waals surface area (Å²) in [6.45, 7) is 8.46. The molecule has 18 heavy (non-hydrogen) atoms. The molecule has 1 aromatic carbocycles. The van der Waals surface area contributed by atoms with Crippen molar-refractivity contribution in [2.24, 2.45) is 0 Å². The van der Waals surface area contributed by atoms with Gasteiger partial charge in [-0.15, -0.1) is 0 Å². The van der Waals surface area contributed by atoms with Gasteiger partial charge in [-0.1, -0.05) is 23.8 Å². The zero-order valence-corrected chi connectivity index (χ0v) is 11.3. The first kappa shape index (κ1) is 11.3. The summed E-state index contributed by atoms with van der Waals surface area (Å²) in [7, 11) is 0. The summed E-state index contributed by atoms with van der Waals surface area (Å²) in [6, 6.07) is 10.6. The molecule has 1 atom stereocenters. The minimum atomic E-state index is -0.232. The molecule has 1 aliphatic rings. The summed E-state index contributed by atoms with van der Waals surface area (Å²) >= 11 is 0. The highest BCUT2D eigenvalue weighted by Crippen LogP contribution is 2.36. The van der Waals surface area contributed by atoms with E-state index in [9.17, 15) is 0 Å². The Morgan fingerprint density at radius 3 is 2.50 bits per heavy atom. The molecule has 0 saturated carbocycles. The van der Waals surface area contributed by atoms with Gasteiger partial charge in [0.2, 0.25) is 0 Å². The fraction of sp³-hybridized carbons (Fsp3) is 0.294. The lowest BCUT2D eigenvalue weighted by Crippen LogP contribution is -2.23. The van der Waals surface area contributed by atoms with Crippen LogP contribution in [0.25, 0.3) is 11.6 Å². The number of furan rings is 1. The standard InChI is InChI=1S/C17H17O/c1-11-5-7-14-10-17(4,13(3)15(14)9-11)16-8-6-12(2)18-16/h5-9H,1-4H3. The Kier molecular flexibility index (Phi) is 2.28. The molecular weight excluding hydrogens is 220 g/mol. The Morgan fingerprint density at radius 2 is 1.83 bits per heavy atom. The van der Waals surface area contributed by atoms with Crippen molar-refractivity contribution in [1.82, 2.24) is 0 Å². The Labute approximate surface area is 107 Å². The van der Waals surface area contributed by atoms with Crippen LogP contribution < -0.4 is 10.4 Å². The van der Waals surface area contributed by atoms with E-state index in [4.69, 9.17) is 4.42 Å². The predicted molar refractivity (Wildman–Crippen MR) is 73.7 cm³/mol. The molecule has 1 aromatic heterocycles. The molecule has 1 heteroatoms. The van der Waals surface area contributed by atoms with Crippen molar-refractivity contribution in [2.45, 2.75) is 33.1 Å². The quantitative estimate of drug-likeness (QED) is 0.743. The number of hydrogen-bond donors (Lipinski definition) is 0. The SMILES string of the molecule is CC1=c2cc(C)ccc2=[C]C1(C)c1ccc(C)o1. The monoisotopic (exact) mass is 237 g/mol. The molecule has 0 aliphatic heterocycles. The molecule has 1 aliphatic carbocycles. The molecule has 3 rings (SSSR count). The average molecular weight is 237 g/mol. The van der Waals surface area contributed by atoms with Crippen molar-refractivity contribution in [2.75, 3.05) is 0 Å². The Morgan fingerprint density at radius 1 is 1.06 bits per heavy atom. The molecule has 0 N–H and O–H groups in total. The number of fused-ring (bicyclic) bond motifs is 1. The molecule has 0 saturated heterocycles. The molecule has 2 aromatic rings. The Hall–Kier alpha value is -1.76. The normalized spacial score (nSPS) is 21.9. The number of aryl methyl sites for hydroxylation is 2. The fourth-order valence-corrected chi connectivity index (χ4v) is 2.66. The zero-order chi connectivity index (χ0) is 12.9. The van der Waals surface area contributed by atoms with Crippen molar-refractivity contribution < 1.29 is 4.42 Å². The van der Waals surface area contributed by atoms with Crippen LogP contribution in [-0.2, 0) is 5.41 Å². The second kappa shape index (κ2) is 3.61. The van der Waals surface area contributed by atoms with E-state index in [1.165, 1.54) is 21.6 Å². The van der Waals surface area contributed by atoms with Crippen molar-refractivity contribution in [3.8, 4) is 0 Å². The average Bonchev–Trinajstić information content (AvgIpc) is 2.86. The summed E-state index contributed by atoms with van der Waals surface area (Å²) in [4.78, 5) is 0. The summed E-state index contributed by atoms with van der Waals surface area (Å²) in [5.41, 5.74) is 2.37. The maximum atomic E-state index is 5.82. The van der Waals surface area contributed by atoms with E-state index < -0.39 is 0 Å². The third-order valence-corrected chi connectivity index (χ3v) is 3.95. The van der Waals surface area contributed by atoms with Gasteiger partial charge in [0.1, 0.15) is 11.5 Å². The number of benzene rings is 1. The van der Waals surface area contributed by atoms with E-state index in [1.807, 2.05) is 13.0 Å². The molecule has 1 radical (unpaired) electrons. The molecule has 1 heterocycles. The second-order valence-corrected chi connectivity index (χ2v) is 5.33. The summed E-state index contributed by atoms with van der Waals surface area (Å²) < 4.78 is 5.82. The number of hydrogen-bond acceptors (Lipinski definition) is 1. The van der Waals surface area contributed by atoms with E-state index in [2.05, 4.69) is 51.1 Å². The molecule has 0 spiro atoms. The largest absolute Gasteiger partial charge is 0.465 e. The van der Waals surface area contributed by atoms with E-state index in [0.717, 1.165) is 11.5 Å². The van der Waals surface area contributed by atoms with Crippen LogP contribution in [-0.4, -0.2) is 0 Å². The van der Waals surface area contributed by atoms with Crippen LogP contribution in [0.1, 0.15) is 30.9 Å². The maximum Gasteiger partial charge on any atom is 0.118 e. The van der Waals surface area contributed by atoms with Gasteiger partial charge in [-0.25, -0.2) is 0 Å². The maximum absolute atomic E-state index is 5.82. The number of rotatable bonds is 1. The van der Waals surface area contributed by atoms with Crippen LogP contribution in [0, 0.1) is 13.8 Å². The molecule has 1 nitrogen and oxygen atoms in total. The van der Waals surface area contributed by atoms with Gasteiger partial charge in [-0.3, -0.25) is 0 Å². The topological polar surface area (TPSA) is 13.1 Å². The summed E-state index contributed by atoms with van der Waals surface area (Å²) in [5.74, 6) is 1.93. The van der Waals surface area contributed by atoms with E-state index in [1.54, 1.807) is 0 Å². The first-order valence-electron chi connectivity index (χ1n) is 6.31. The lowest BCUT2D eigenvalue weighted by Gasteiger charge is -2.21. The first-order chi connectivity index (χ1) is 8.50. The van der Waals surface area contributed by atoms with Gasteiger partial charge in [0.05, 0.1) is 5.41 Å².